The summed E-state index contributed by atoms with van der Waals surface area (Å²) in [4.78, 5) is 12.9. The van der Waals surface area contributed by atoms with E-state index in [1.54, 1.807) is 50.2 Å². The molecule has 8 heteroatoms. The number of anilines is 1. The number of amides is 1. The molecule has 2 aromatic carbocycles. The lowest BCUT2D eigenvalue weighted by molar-refractivity contribution is -0.122. The first-order valence-corrected chi connectivity index (χ1v) is 11.3. The van der Waals surface area contributed by atoms with Gasteiger partial charge in [0.15, 0.2) is 0 Å². The van der Waals surface area contributed by atoms with Crippen LogP contribution in [0.2, 0.25) is 0 Å². The van der Waals surface area contributed by atoms with E-state index in [9.17, 15) is 17.6 Å². The summed E-state index contributed by atoms with van der Waals surface area (Å²) in [6, 6.07) is 11.0. The van der Waals surface area contributed by atoms with Gasteiger partial charge in [-0.25, -0.2) is 12.8 Å². The zero-order valence-corrected chi connectivity index (χ0v) is 17.9. The Morgan fingerprint density at radius 3 is 2.17 bits per heavy atom. The molecule has 6 nitrogen and oxygen atoms in total. The summed E-state index contributed by atoms with van der Waals surface area (Å²) in [5.41, 5.74) is 1.11. The predicted octanol–water partition coefficient (Wildman–Crippen LogP) is 3.65. The second-order valence-corrected chi connectivity index (χ2v) is 8.55. The number of ether oxygens (including phenoxy) is 1. The summed E-state index contributed by atoms with van der Waals surface area (Å²) >= 11 is 0. The Hall–Kier alpha value is -2.61. The molecule has 1 N–H and O–H groups in total. The van der Waals surface area contributed by atoms with Crippen LogP contribution in [0.4, 0.5) is 10.1 Å². The minimum absolute atomic E-state index is 0.280. The third-order valence-electron chi connectivity index (χ3n) is 4.46. The van der Waals surface area contributed by atoms with Crippen molar-refractivity contribution in [3.05, 3.63) is 59.9 Å². The molecule has 0 saturated carbocycles. The van der Waals surface area contributed by atoms with Crippen molar-refractivity contribution in [2.24, 2.45) is 0 Å². The quantitative estimate of drug-likeness (QED) is 0.669. The largest absolute Gasteiger partial charge is 0.494 e. The summed E-state index contributed by atoms with van der Waals surface area (Å²) in [6.07, 6.45) is 1.35. The van der Waals surface area contributed by atoms with Gasteiger partial charge < -0.3 is 10.1 Å². The zero-order valence-electron chi connectivity index (χ0n) is 17.1. The average molecular weight is 423 g/mol. The molecule has 0 fully saturated rings. The summed E-state index contributed by atoms with van der Waals surface area (Å²) < 4.78 is 44.7. The van der Waals surface area contributed by atoms with Crippen LogP contribution < -0.4 is 14.4 Å². The topological polar surface area (TPSA) is 75.7 Å². The molecule has 0 spiro atoms. The Balaban J connectivity index is 2.27. The molecule has 2 atom stereocenters. The van der Waals surface area contributed by atoms with Crippen molar-refractivity contribution in [1.29, 1.82) is 0 Å². The van der Waals surface area contributed by atoms with Gasteiger partial charge >= 0.3 is 0 Å². The van der Waals surface area contributed by atoms with Gasteiger partial charge in [0.2, 0.25) is 15.9 Å². The van der Waals surface area contributed by atoms with Crippen molar-refractivity contribution in [1.82, 2.24) is 5.32 Å². The van der Waals surface area contributed by atoms with Crippen molar-refractivity contribution in [2.75, 3.05) is 17.2 Å². The van der Waals surface area contributed by atoms with Crippen LogP contribution in [-0.2, 0) is 14.8 Å². The van der Waals surface area contributed by atoms with Crippen LogP contribution in [0.1, 0.15) is 38.8 Å². The minimum atomic E-state index is -3.72. The van der Waals surface area contributed by atoms with Crippen LogP contribution in [-0.4, -0.2) is 33.2 Å². The number of hydrogen-bond acceptors (Lipinski definition) is 4. The number of rotatable bonds is 9. The van der Waals surface area contributed by atoms with Gasteiger partial charge in [0.1, 0.15) is 17.6 Å². The Bertz CT molecular complexity index is 915. The standard InChI is InChI=1S/C21H27FN2O4S/c1-5-20(21(25)23-15(3)16-7-9-17(22)10-8-16)24(29(4,26)27)18-11-13-19(14-12-18)28-6-2/h7-15,20H,5-6H2,1-4H3,(H,23,25)/t15-,20-/m1/s1. The minimum Gasteiger partial charge on any atom is -0.494 e. The van der Waals surface area contributed by atoms with Gasteiger partial charge in [0.25, 0.3) is 0 Å². The van der Waals surface area contributed by atoms with Crippen LogP contribution in [0, 0.1) is 5.82 Å². The van der Waals surface area contributed by atoms with Gasteiger partial charge in [-0.2, -0.15) is 0 Å². The molecule has 0 bridgehead atoms. The molecule has 29 heavy (non-hydrogen) atoms. The summed E-state index contributed by atoms with van der Waals surface area (Å²) in [6.45, 7) is 5.87. The van der Waals surface area contributed by atoms with Crippen LogP contribution in [0.5, 0.6) is 5.75 Å². The van der Waals surface area contributed by atoms with E-state index < -0.39 is 28.0 Å². The monoisotopic (exact) mass is 422 g/mol. The van der Waals surface area contributed by atoms with E-state index in [-0.39, 0.29) is 12.2 Å². The number of carbonyl (C=O) groups is 1. The molecule has 158 valence electrons. The highest BCUT2D eigenvalue weighted by atomic mass is 32.2. The van der Waals surface area contributed by atoms with E-state index in [1.165, 1.54) is 12.1 Å². The van der Waals surface area contributed by atoms with Gasteiger partial charge in [0.05, 0.1) is 24.6 Å². The number of halogens is 1. The molecule has 0 heterocycles. The summed E-state index contributed by atoms with van der Waals surface area (Å²) in [5.74, 6) is -0.173. The molecule has 0 aliphatic rings. The Kier molecular flexibility index (Phi) is 7.61. The third-order valence-corrected chi connectivity index (χ3v) is 5.64. The number of nitrogens with zero attached hydrogens (tertiary/aromatic N) is 1. The van der Waals surface area contributed by atoms with E-state index in [0.29, 0.717) is 18.0 Å². The first kappa shape index (κ1) is 22.7. The molecule has 1 amide bonds. The first-order chi connectivity index (χ1) is 13.7. The highest BCUT2D eigenvalue weighted by Gasteiger charge is 2.32. The first-order valence-electron chi connectivity index (χ1n) is 9.45. The number of carbonyl (C=O) groups excluding carboxylic acids is 1. The normalized spacial score (nSPS) is 13.4. The second-order valence-electron chi connectivity index (χ2n) is 6.69. The summed E-state index contributed by atoms with van der Waals surface area (Å²) in [5, 5.41) is 2.83. The maximum absolute atomic E-state index is 13.1. The molecule has 2 aromatic rings. The van der Waals surface area contributed by atoms with Gasteiger partial charge in [-0.05, 0) is 62.2 Å². The fourth-order valence-electron chi connectivity index (χ4n) is 3.06. The van der Waals surface area contributed by atoms with Crippen molar-refractivity contribution in [3.63, 3.8) is 0 Å². The predicted molar refractivity (Wildman–Crippen MR) is 112 cm³/mol. The number of hydrogen-bond donors (Lipinski definition) is 1. The fraction of sp³-hybridized carbons (Fsp3) is 0.381. The Morgan fingerprint density at radius 1 is 1.10 bits per heavy atom. The molecule has 2 rings (SSSR count). The molecule has 0 aliphatic heterocycles. The zero-order chi connectivity index (χ0) is 21.6. The third kappa shape index (κ3) is 5.93. The molecule has 0 aliphatic carbocycles. The van der Waals surface area contributed by atoms with Crippen molar-refractivity contribution in [2.45, 2.75) is 39.3 Å². The number of nitrogens with one attached hydrogen (secondary N) is 1. The fourth-order valence-corrected chi connectivity index (χ4v) is 4.27. The van der Waals surface area contributed by atoms with E-state index in [2.05, 4.69) is 5.32 Å². The van der Waals surface area contributed by atoms with E-state index in [1.807, 2.05) is 6.92 Å². The Labute approximate surface area is 171 Å². The van der Waals surface area contributed by atoms with Crippen molar-refractivity contribution >= 4 is 21.6 Å². The molecule has 0 saturated heterocycles. The lowest BCUT2D eigenvalue weighted by atomic mass is 10.1. The molecule has 0 radical (unpaired) electrons. The number of benzene rings is 2. The summed E-state index contributed by atoms with van der Waals surface area (Å²) in [7, 11) is -3.72. The van der Waals surface area contributed by atoms with Gasteiger partial charge in [-0.15, -0.1) is 0 Å². The average Bonchev–Trinajstić information content (AvgIpc) is 2.66. The highest BCUT2D eigenvalue weighted by Crippen LogP contribution is 2.26. The molecule has 0 unspecified atom stereocenters. The van der Waals surface area contributed by atoms with Gasteiger partial charge in [-0.3, -0.25) is 9.10 Å². The van der Waals surface area contributed by atoms with Gasteiger partial charge in [0, 0.05) is 0 Å². The lowest BCUT2D eigenvalue weighted by Crippen LogP contribution is -2.49. The lowest BCUT2D eigenvalue weighted by Gasteiger charge is -2.31. The van der Waals surface area contributed by atoms with E-state index in [0.717, 1.165) is 16.1 Å². The van der Waals surface area contributed by atoms with E-state index >= 15 is 0 Å². The second kappa shape index (κ2) is 9.73. The van der Waals surface area contributed by atoms with Gasteiger partial charge in [-0.1, -0.05) is 19.1 Å². The van der Waals surface area contributed by atoms with E-state index in [4.69, 9.17) is 4.74 Å². The highest BCUT2D eigenvalue weighted by molar-refractivity contribution is 7.92. The maximum Gasteiger partial charge on any atom is 0.244 e. The van der Waals surface area contributed by atoms with Crippen LogP contribution in [0.25, 0.3) is 0 Å². The van der Waals surface area contributed by atoms with Crippen LogP contribution in [0.15, 0.2) is 48.5 Å². The van der Waals surface area contributed by atoms with Crippen LogP contribution >= 0.6 is 0 Å². The van der Waals surface area contributed by atoms with Crippen molar-refractivity contribution in [3.8, 4) is 5.75 Å². The number of sulfonamides is 1. The molecular weight excluding hydrogens is 395 g/mol. The Morgan fingerprint density at radius 2 is 1.69 bits per heavy atom. The molecule has 0 aromatic heterocycles. The maximum atomic E-state index is 13.1. The van der Waals surface area contributed by atoms with Crippen LogP contribution in [0.3, 0.4) is 0 Å². The smallest absolute Gasteiger partial charge is 0.244 e. The molecular formula is C21H27FN2O4S. The van der Waals surface area contributed by atoms with Crippen molar-refractivity contribution < 1.29 is 22.3 Å². The SMILES string of the molecule is CCOc1ccc(N([C@H](CC)C(=O)N[C@H](C)c2ccc(F)cc2)S(C)(=O)=O)cc1.